The van der Waals surface area contributed by atoms with Crippen molar-refractivity contribution < 1.29 is 22.6 Å². The van der Waals surface area contributed by atoms with Gasteiger partial charge < -0.3 is 9.47 Å². The molecule has 0 unspecified atom stereocenters. The van der Waals surface area contributed by atoms with Crippen molar-refractivity contribution in [1.82, 2.24) is 0 Å². The molecule has 1 aliphatic carbocycles. The van der Waals surface area contributed by atoms with Gasteiger partial charge in [-0.3, -0.25) is 0 Å². The Bertz CT molecular complexity index is 549. The lowest BCUT2D eigenvalue weighted by molar-refractivity contribution is -0.296. The fourth-order valence-corrected chi connectivity index (χ4v) is 3.97. The normalized spacial score (nSPS) is 29.9. The van der Waals surface area contributed by atoms with Crippen LogP contribution < -0.4 is 0 Å². The van der Waals surface area contributed by atoms with Crippen molar-refractivity contribution in [2.75, 3.05) is 13.2 Å². The van der Waals surface area contributed by atoms with Gasteiger partial charge in [0, 0.05) is 18.8 Å². The minimum atomic E-state index is -1.40. The van der Waals surface area contributed by atoms with Crippen molar-refractivity contribution in [1.29, 1.82) is 0 Å². The third-order valence-corrected chi connectivity index (χ3v) is 5.61. The third-order valence-electron chi connectivity index (χ3n) is 5.61. The van der Waals surface area contributed by atoms with E-state index in [-0.39, 0.29) is 5.92 Å². The molecule has 2 fully saturated rings. The highest BCUT2D eigenvalue weighted by Crippen LogP contribution is 2.43. The number of hydrogen-bond donors (Lipinski definition) is 0. The van der Waals surface area contributed by atoms with E-state index in [9.17, 15) is 13.2 Å². The number of ether oxygens (including phenoxy) is 2. The predicted molar refractivity (Wildman–Crippen MR) is 89.8 cm³/mol. The summed E-state index contributed by atoms with van der Waals surface area (Å²) in [6.07, 6.45) is 7.68. The standard InChI is InChI=1S/C20H27F3O2/c1-2-3-4-5-14-12-24-20(25-13-14)8-6-15(7-9-20)16-10-17(21)19(23)18(22)11-16/h10-11,14-15H,2-9,12-13H2,1H3. The van der Waals surface area contributed by atoms with Crippen LogP contribution in [0.15, 0.2) is 12.1 Å². The highest BCUT2D eigenvalue weighted by molar-refractivity contribution is 5.23. The minimum absolute atomic E-state index is 0.0182. The molecule has 5 heteroatoms. The minimum Gasteiger partial charge on any atom is -0.350 e. The van der Waals surface area contributed by atoms with Crippen LogP contribution >= 0.6 is 0 Å². The molecule has 3 rings (SSSR count). The lowest BCUT2D eigenvalue weighted by Gasteiger charge is -2.44. The zero-order valence-corrected chi connectivity index (χ0v) is 14.8. The largest absolute Gasteiger partial charge is 0.350 e. The Hall–Kier alpha value is -1.07. The van der Waals surface area contributed by atoms with Crippen molar-refractivity contribution in [3.63, 3.8) is 0 Å². The summed E-state index contributed by atoms with van der Waals surface area (Å²) in [4.78, 5) is 0. The number of halogens is 3. The number of rotatable bonds is 5. The van der Waals surface area contributed by atoms with Crippen LogP contribution in [-0.2, 0) is 9.47 Å². The first-order chi connectivity index (χ1) is 12.0. The van der Waals surface area contributed by atoms with Crippen LogP contribution in [0.1, 0.15) is 69.8 Å². The van der Waals surface area contributed by atoms with Crippen LogP contribution in [-0.4, -0.2) is 19.0 Å². The Morgan fingerprint density at radius 1 is 1.00 bits per heavy atom. The van der Waals surface area contributed by atoms with Crippen molar-refractivity contribution in [2.45, 2.75) is 70.0 Å². The molecule has 1 aromatic rings. The van der Waals surface area contributed by atoms with Crippen LogP contribution in [0.3, 0.4) is 0 Å². The second kappa shape index (κ2) is 8.09. The summed E-state index contributed by atoms with van der Waals surface area (Å²) in [7, 11) is 0. The van der Waals surface area contributed by atoms with Gasteiger partial charge in [0.1, 0.15) is 0 Å². The molecule has 2 aliphatic rings. The molecule has 1 saturated carbocycles. The van der Waals surface area contributed by atoms with Gasteiger partial charge in [0.15, 0.2) is 23.2 Å². The average molecular weight is 356 g/mol. The van der Waals surface area contributed by atoms with E-state index in [0.717, 1.165) is 44.6 Å². The molecule has 2 nitrogen and oxygen atoms in total. The highest BCUT2D eigenvalue weighted by Gasteiger charge is 2.41. The van der Waals surface area contributed by atoms with Gasteiger partial charge in [0.05, 0.1) is 13.2 Å². The summed E-state index contributed by atoms with van der Waals surface area (Å²) in [5.41, 5.74) is 0.527. The van der Waals surface area contributed by atoms with Crippen molar-refractivity contribution in [3.8, 4) is 0 Å². The quantitative estimate of drug-likeness (QED) is 0.498. The predicted octanol–water partition coefficient (Wildman–Crippen LogP) is 5.70. The molecule has 0 radical (unpaired) electrons. The van der Waals surface area contributed by atoms with E-state index in [2.05, 4.69) is 6.92 Å². The molecule has 1 aromatic carbocycles. The van der Waals surface area contributed by atoms with Crippen LogP contribution in [0.2, 0.25) is 0 Å². The van der Waals surface area contributed by atoms with Crippen LogP contribution in [0.5, 0.6) is 0 Å². The zero-order chi connectivity index (χ0) is 17.9. The summed E-state index contributed by atoms with van der Waals surface area (Å²) in [5, 5.41) is 0. The van der Waals surface area contributed by atoms with Crippen LogP contribution in [0.25, 0.3) is 0 Å². The second-order valence-corrected chi connectivity index (χ2v) is 7.47. The molecule has 1 saturated heterocycles. The number of unbranched alkanes of at least 4 members (excludes halogenated alkanes) is 2. The molecule has 25 heavy (non-hydrogen) atoms. The van der Waals surface area contributed by atoms with Gasteiger partial charge in [-0.25, -0.2) is 13.2 Å². The van der Waals surface area contributed by atoms with Crippen LogP contribution in [0, 0.1) is 23.4 Å². The molecule has 1 spiro atoms. The zero-order valence-electron chi connectivity index (χ0n) is 14.8. The Labute approximate surface area is 147 Å². The monoisotopic (exact) mass is 356 g/mol. The van der Waals surface area contributed by atoms with Gasteiger partial charge in [-0.15, -0.1) is 0 Å². The lowest BCUT2D eigenvalue weighted by Crippen LogP contribution is -2.46. The Balaban J connectivity index is 1.52. The first-order valence-corrected chi connectivity index (χ1v) is 9.45. The fraction of sp³-hybridized carbons (Fsp3) is 0.700. The Morgan fingerprint density at radius 3 is 2.16 bits per heavy atom. The molecule has 140 valence electrons. The molecule has 0 bridgehead atoms. The van der Waals surface area contributed by atoms with E-state index in [4.69, 9.17) is 9.47 Å². The molecule has 0 aromatic heterocycles. The topological polar surface area (TPSA) is 18.5 Å². The van der Waals surface area contributed by atoms with Gasteiger partial charge in [0.2, 0.25) is 0 Å². The molecule has 0 N–H and O–H groups in total. The molecular formula is C20H27F3O2. The van der Waals surface area contributed by atoms with Gasteiger partial charge in [0.25, 0.3) is 0 Å². The molecule has 0 atom stereocenters. The molecule has 1 aliphatic heterocycles. The summed E-state index contributed by atoms with van der Waals surface area (Å²) in [6.45, 7) is 3.66. The van der Waals surface area contributed by atoms with Crippen molar-refractivity contribution in [2.24, 2.45) is 5.92 Å². The van der Waals surface area contributed by atoms with E-state index in [1.807, 2.05) is 0 Å². The van der Waals surface area contributed by atoms with Gasteiger partial charge in [-0.05, 0) is 42.9 Å². The molecule has 0 amide bonds. The average Bonchev–Trinajstić information content (AvgIpc) is 2.62. The first-order valence-electron chi connectivity index (χ1n) is 9.45. The Morgan fingerprint density at radius 2 is 1.60 bits per heavy atom. The summed E-state index contributed by atoms with van der Waals surface area (Å²) in [5.74, 6) is -3.68. The van der Waals surface area contributed by atoms with Crippen molar-refractivity contribution in [3.05, 3.63) is 35.1 Å². The first kappa shape index (κ1) is 18.7. The number of benzene rings is 1. The van der Waals surface area contributed by atoms with E-state index < -0.39 is 23.2 Å². The van der Waals surface area contributed by atoms with Crippen molar-refractivity contribution >= 4 is 0 Å². The summed E-state index contributed by atoms with van der Waals surface area (Å²) < 4.78 is 52.2. The maximum Gasteiger partial charge on any atom is 0.194 e. The molecular weight excluding hydrogens is 329 g/mol. The lowest BCUT2D eigenvalue weighted by atomic mass is 9.80. The maximum atomic E-state index is 13.4. The highest BCUT2D eigenvalue weighted by atomic mass is 19.2. The summed E-state index contributed by atoms with van der Waals surface area (Å²) in [6, 6.07) is 2.24. The van der Waals surface area contributed by atoms with Gasteiger partial charge in [-0.2, -0.15) is 0 Å². The second-order valence-electron chi connectivity index (χ2n) is 7.47. The third kappa shape index (κ3) is 4.37. The van der Waals surface area contributed by atoms with Crippen LogP contribution in [0.4, 0.5) is 13.2 Å². The SMILES string of the molecule is CCCCCC1COC2(CCC(c3cc(F)c(F)c(F)c3)CC2)OC1. The number of hydrogen-bond acceptors (Lipinski definition) is 2. The van der Waals surface area contributed by atoms with Gasteiger partial charge in [-0.1, -0.05) is 26.2 Å². The Kier molecular flexibility index (Phi) is 6.05. The smallest absolute Gasteiger partial charge is 0.194 e. The van der Waals surface area contributed by atoms with E-state index in [1.165, 1.54) is 19.3 Å². The van der Waals surface area contributed by atoms with E-state index in [0.29, 0.717) is 24.3 Å². The fourth-order valence-electron chi connectivity index (χ4n) is 3.97. The van der Waals surface area contributed by atoms with E-state index in [1.54, 1.807) is 0 Å². The maximum absolute atomic E-state index is 13.4. The van der Waals surface area contributed by atoms with E-state index >= 15 is 0 Å². The molecule has 1 heterocycles. The summed E-state index contributed by atoms with van der Waals surface area (Å²) >= 11 is 0. The van der Waals surface area contributed by atoms with Gasteiger partial charge >= 0.3 is 0 Å².